The van der Waals surface area contributed by atoms with Gasteiger partial charge in [0, 0.05) is 24.3 Å². The van der Waals surface area contributed by atoms with E-state index < -0.39 is 0 Å². The van der Waals surface area contributed by atoms with Crippen LogP contribution in [0.15, 0.2) is 24.3 Å². The lowest BCUT2D eigenvalue weighted by Crippen LogP contribution is -2.34. The Kier molecular flexibility index (Phi) is 5.90. The van der Waals surface area contributed by atoms with Crippen molar-refractivity contribution < 1.29 is 0 Å². The van der Waals surface area contributed by atoms with Crippen LogP contribution < -0.4 is 10.2 Å². The number of benzene rings is 1. The average molecular weight is 274 g/mol. The van der Waals surface area contributed by atoms with Crippen molar-refractivity contribution >= 4 is 5.69 Å². The summed E-state index contributed by atoms with van der Waals surface area (Å²) in [6.45, 7) is 5.78. The Balaban J connectivity index is 2.14. The van der Waals surface area contributed by atoms with Crippen molar-refractivity contribution in [3.05, 3.63) is 29.8 Å². The molecule has 1 aromatic rings. The van der Waals surface area contributed by atoms with Gasteiger partial charge in [-0.05, 0) is 50.4 Å². The summed E-state index contributed by atoms with van der Waals surface area (Å²) in [7, 11) is 2.05. The third-order valence-electron chi connectivity index (χ3n) is 4.73. The fourth-order valence-corrected chi connectivity index (χ4v) is 3.45. The van der Waals surface area contributed by atoms with Crippen LogP contribution in [0.4, 0.5) is 5.69 Å². The van der Waals surface area contributed by atoms with E-state index in [1.165, 1.54) is 49.9 Å². The van der Waals surface area contributed by atoms with Gasteiger partial charge in [-0.15, -0.1) is 0 Å². The number of nitrogens with one attached hydrogen (secondary N) is 1. The van der Waals surface area contributed by atoms with Gasteiger partial charge in [0.1, 0.15) is 0 Å². The van der Waals surface area contributed by atoms with Gasteiger partial charge in [-0.2, -0.15) is 0 Å². The topological polar surface area (TPSA) is 15.3 Å². The van der Waals surface area contributed by atoms with Crippen LogP contribution in [0.5, 0.6) is 0 Å². The van der Waals surface area contributed by atoms with Gasteiger partial charge in [0.25, 0.3) is 0 Å². The molecule has 0 spiro atoms. The van der Waals surface area contributed by atoms with Gasteiger partial charge in [0.05, 0.1) is 0 Å². The third kappa shape index (κ3) is 3.54. The fraction of sp³-hybridized carbons (Fsp3) is 0.667. The van der Waals surface area contributed by atoms with Gasteiger partial charge in [-0.1, -0.05) is 38.8 Å². The Morgan fingerprint density at radius 2 is 1.90 bits per heavy atom. The molecule has 112 valence electrons. The van der Waals surface area contributed by atoms with Gasteiger partial charge in [0.2, 0.25) is 0 Å². The molecule has 0 aromatic heterocycles. The Labute approximate surface area is 124 Å². The van der Waals surface area contributed by atoms with E-state index in [0.29, 0.717) is 6.04 Å². The summed E-state index contributed by atoms with van der Waals surface area (Å²) in [5.41, 5.74) is 2.81. The molecule has 1 aromatic carbocycles. The molecule has 1 aliphatic rings. The Morgan fingerprint density at radius 3 is 2.50 bits per heavy atom. The zero-order valence-corrected chi connectivity index (χ0v) is 13.4. The van der Waals surface area contributed by atoms with Gasteiger partial charge in [-0.3, -0.25) is 0 Å². The summed E-state index contributed by atoms with van der Waals surface area (Å²) in [6, 6.07) is 10.5. The van der Waals surface area contributed by atoms with Crippen molar-refractivity contribution in [3.8, 4) is 0 Å². The zero-order chi connectivity index (χ0) is 14.4. The van der Waals surface area contributed by atoms with E-state index in [4.69, 9.17) is 0 Å². The minimum absolute atomic E-state index is 0.482. The van der Waals surface area contributed by atoms with Gasteiger partial charge in [0.15, 0.2) is 0 Å². The molecule has 2 atom stereocenters. The Hall–Kier alpha value is -1.02. The average Bonchev–Trinajstić information content (AvgIpc) is 2.74. The van der Waals surface area contributed by atoms with Crippen molar-refractivity contribution in [3.63, 3.8) is 0 Å². The van der Waals surface area contributed by atoms with E-state index in [-0.39, 0.29) is 0 Å². The minimum atomic E-state index is 0.482. The molecule has 0 radical (unpaired) electrons. The van der Waals surface area contributed by atoms with E-state index in [1.54, 1.807) is 0 Å². The Morgan fingerprint density at radius 1 is 1.15 bits per heavy atom. The fourth-order valence-electron chi connectivity index (χ4n) is 3.45. The molecule has 2 unspecified atom stereocenters. The maximum atomic E-state index is 3.38. The number of hydrogen-bond acceptors (Lipinski definition) is 2. The van der Waals surface area contributed by atoms with E-state index in [9.17, 15) is 0 Å². The third-order valence-corrected chi connectivity index (χ3v) is 4.73. The standard InChI is InChI=1S/C18H30N2/c1-4-16-9-7-6-8-14-20(16)17-12-10-15(11-13-17)18(5-2)19-3/h10-13,16,18-19H,4-9,14H2,1-3H3. The summed E-state index contributed by atoms with van der Waals surface area (Å²) in [5.74, 6) is 0. The van der Waals surface area contributed by atoms with Crippen LogP contribution in [-0.2, 0) is 0 Å². The first-order chi connectivity index (χ1) is 9.80. The Bertz CT molecular complexity index is 381. The highest BCUT2D eigenvalue weighted by atomic mass is 15.2. The first kappa shape index (κ1) is 15.4. The molecule has 1 fully saturated rings. The molecule has 0 aliphatic carbocycles. The highest BCUT2D eigenvalue weighted by Crippen LogP contribution is 2.27. The van der Waals surface area contributed by atoms with Gasteiger partial charge in [-0.25, -0.2) is 0 Å². The maximum Gasteiger partial charge on any atom is 0.0368 e. The molecule has 0 amide bonds. The monoisotopic (exact) mass is 274 g/mol. The van der Waals surface area contributed by atoms with E-state index in [1.807, 2.05) is 7.05 Å². The normalized spacial score (nSPS) is 21.6. The van der Waals surface area contributed by atoms with Crippen LogP contribution in [0, 0.1) is 0 Å². The highest BCUT2D eigenvalue weighted by molar-refractivity contribution is 5.49. The summed E-state index contributed by atoms with van der Waals surface area (Å²) < 4.78 is 0. The van der Waals surface area contributed by atoms with Crippen LogP contribution in [0.2, 0.25) is 0 Å². The zero-order valence-electron chi connectivity index (χ0n) is 13.4. The van der Waals surface area contributed by atoms with Crippen molar-refractivity contribution in [1.29, 1.82) is 0 Å². The van der Waals surface area contributed by atoms with Crippen LogP contribution in [-0.4, -0.2) is 19.6 Å². The van der Waals surface area contributed by atoms with E-state index >= 15 is 0 Å². The molecule has 2 nitrogen and oxygen atoms in total. The van der Waals surface area contributed by atoms with Crippen LogP contribution in [0.1, 0.15) is 64.0 Å². The molecule has 1 heterocycles. The molecule has 1 N–H and O–H groups in total. The van der Waals surface area contributed by atoms with Crippen LogP contribution in [0.25, 0.3) is 0 Å². The van der Waals surface area contributed by atoms with E-state index in [0.717, 1.165) is 12.5 Å². The lowest BCUT2D eigenvalue weighted by atomic mass is 10.0. The smallest absolute Gasteiger partial charge is 0.0368 e. The molecule has 20 heavy (non-hydrogen) atoms. The van der Waals surface area contributed by atoms with Crippen LogP contribution in [0.3, 0.4) is 0 Å². The lowest BCUT2D eigenvalue weighted by Gasteiger charge is -2.32. The quantitative estimate of drug-likeness (QED) is 0.849. The molecule has 1 saturated heterocycles. The largest absolute Gasteiger partial charge is 0.369 e. The van der Waals surface area contributed by atoms with Crippen molar-refractivity contribution in [2.45, 2.75) is 64.5 Å². The molecule has 1 aliphatic heterocycles. The second kappa shape index (κ2) is 7.68. The molecular formula is C18H30N2. The second-order valence-corrected chi connectivity index (χ2v) is 5.95. The van der Waals surface area contributed by atoms with Crippen molar-refractivity contribution in [2.24, 2.45) is 0 Å². The SMILES string of the molecule is CCC(NC)c1ccc(N2CCCCCC2CC)cc1. The highest BCUT2D eigenvalue weighted by Gasteiger charge is 2.19. The number of hydrogen-bond donors (Lipinski definition) is 1. The number of nitrogens with zero attached hydrogens (tertiary/aromatic N) is 1. The van der Waals surface area contributed by atoms with Gasteiger partial charge >= 0.3 is 0 Å². The summed E-state index contributed by atoms with van der Waals surface area (Å²) in [6.07, 6.45) is 7.87. The molecular weight excluding hydrogens is 244 g/mol. The number of anilines is 1. The minimum Gasteiger partial charge on any atom is -0.369 e. The second-order valence-electron chi connectivity index (χ2n) is 5.95. The summed E-state index contributed by atoms with van der Waals surface area (Å²) in [5, 5.41) is 3.38. The maximum absolute atomic E-state index is 3.38. The number of rotatable bonds is 5. The predicted octanol–water partition coefficient (Wildman–Crippen LogP) is 4.52. The van der Waals surface area contributed by atoms with Crippen molar-refractivity contribution in [2.75, 3.05) is 18.5 Å². The van der Waals surface area contributed by atoms with Crippen molar-refractivity contribution in [1.82, 2.24) is 5.32 Å². The first-order valence-electron chi connectivity index (χ1n) is 8.34. The van der Waals surface area contributed by atoms with E-state index in [2.05, 4.69) is 48.3 Å². The summed E-state index contributed by atoms with van der Waals surface area (Å²) in [4.78, 5) is 2.64. The molecule has 2 heteroatoms. The molecule has 0 bridgehead atoms. The van der Waals surface area contributed by atoms with Gasteiger partial charge < -0.3 is 10.2 Å². The lowest BCUT2D eigenvalue weighted by molar-refractivity contribution is 0.555. The summed E-state index contributed by atoms with van der Waals surface area (Å²) >= 11 is 0. The van der Waals surface area contributed by atoms with Crippen LogP contribution >= 0.6 is 0 Å². The first-order valence-corrected chi connectivity index (χ1v) is 8.34. The molecule has 0 saturated carbocycles. The molecule has 2 rings (SSSR count). The predicted molar refractivity (Wildman–Crippen MR) is 88.4 cm³/mol.